The number of carbonyl (C=O) groups excluding carboxylic acids is 1. The van der Waals surface area contributed by atoms with Gasteiger partial charge in [-0.05, 0) is 35.7 Å². The number of hydrogen-bond acceptors (Lipinski definition) is 5. The van der Waals surface area contributed by atoms with Crippen LogP contribution < -0.4 is 14.4 Å². The van der Waals surface area contributed by atoms with Gasteiger partial charge in [0.2, 0.25) is 12.7 Å². The molecule has 0 aromatic heterocycles. The van der Waals surface area contributed by atoms with Crippen LogP contribution in [0, 0.1) is 0 Å². The van der Waals surface area contributed by atoms with Crippen molar-refractivity contribution in [3.8, 4) is 11.5 Å². The predicted molar refractivity (Wildman–Crippen MR) is 107 cm³/mol. The maximum absolute atomic E-state index is 12.8. The number of carbonyl (C=O) groups is 1. The van der Waals surface area contributed by atoms with Gasteiger partial charge in [0.1, 0.15) is 0 Å². The number of anilines is 1. The van der Waals surface area contributed by atoms with Gasteiger partial charge in [-0.2, -0.15) is 0 Å². The van der Waals surface area contributed by atoms with E-state index in [2.05, 4.69) is 46.2 Å². The summed E-state index contributed by atoms with van der Waals surface area (Å²) in [5.41, 5.74) is 3.79. The molecule has 3 heterocycles. The monoisotopic (exact) mass is 379 g/mol. The zero-order valence-electron chi connectivity index (χ0n) is 16.0. The molecule has 3 aliphatic rings. The highest BCUT2D eigenvalue weighted by atomic mass is 16.7. The Labute approximate surface area is 165 Å². The lowest BCUT2D eigenvalue weighted by Gasteiger charge is -2.35. The highest BCUT2D eigenvalue weighted by Crippen LogP contribution is 2.33. The average molecular weight is 379 g/mol. The zero-order valence-corrected chi connectivity index (χ0v) is 16.0. The lowest BCUT2D eigenvalue weighted by Crippen LogP contribution is -2.50. The minimum Gasteiger partial charge on any atom is -0.454 e. The van der Waals surface area contributed by atoms with Crippen LogP contribution >= 0.6 is 0 Å². The molecule has 28 heavy (non-hydrogen) atoms. The van der Waals surface area contributed by atoms with E-state index in [0.29, 0.717) is 13.3 Å². The Hall–Kier alpha value is -2.73. The molecule has 0 unspecified atom stereocenters. The molecule has 146 valence electrons. The van der Waals surface area contributed by atoms with Gasteiger partial charge in [-0.15, -0.1) is 0 Å². The molecule has 1 fully saturated rings. The van der Waals surface area contributed by atoms with Crippen molar-refractivity contribution >= 4 is 11.6 Å². The van der Waals surface area contributed by atoms with Crippen LogP contribution in [0.3, 0.4) is 0 Å². The van der Waals surface area contributed by atoms with Crippen LogP contribution in [0.1, 0.15) is 11.1 Å². The fraction of sp³-hybridized carbons (Fsp3) is 0.409. The Morgan fingerprint density at radius 2 is 1.75 bits per heavy atom. The fourth-order valence-corrected chi connectivity index (χ4v) is 4.29. The van der Waals surface area contributed by atoms with Crippen molar-refractivity contribution in [1.29, 1.82) is 0 Å². The first-order valence-corrected chi connectivity index (χ1v) is 9.98. The number of nitrogens with zero attached hydrogens (tertiary/aromatic N) is 3. The summed E-state index contributed by atoms with van der Waals surface area (Å²) in [6.07, 6.45) is 1.03. The lowest BCUT2D eigenvalue weighted by molar-refractivity contribution is -0.131. The van der Waals surface area contributed by atoms with Crippen LogP contribution in [0.2, 0.25) is 0 Å². The summed E-state index contributed by atoms with van der Waals surface area (Å²) in [6, 6.07) is 14.5. The Morgan fingerprint density at radius 1 is 0.929 bits per heavy atom. The van der Waals surface area contributed by atoms with Gasteiger partial charge in [0.15, 0.2) is 11.5 Å². The molecule has 3 aliphatic heterocycles. The summed E-state index contributed by atoms with van der Waals surface area (Å²) in [4.78, 5) is 19.4. The molecule has 6 heteroatoms. The second-order valence-electron chi connectivity index (χ2n) is 7.64. The van der Waals surface area contributed by atoms with E-state index in [1.54, 1.807) is 0 Å². The summed E-state index contributed by atoms with van der Waals surface area (Å²) in [5.74, 6) is 1.89. The molecule has 0 saturated carbocycles. The van der Waals surface area contributed by atoms with Gasteiger partial charge in [-0.3, -0.25) is 9.69 Å². The Balaban J connectivity index is 1.14. The van der Waals surface area contributed by atoms with Crippen molar-refractivity contribution in [2.45, 2.75) is 13.0 Å². The van der Waals surface area contributed by atoms with Gasteiger partial charge in [0, 0.05) is 45.0 Å². The number of hydrogen-bond donors (Lipinski definition) is 0. The molecule has 5 rings (SSSR count). The van der Waals surface area contributed by atoms with E-state index in [1.165, 1.54) is 16.8 Å². The number of fused-ring (bicyclic) bond motifs is 2. The third-order valence-corrected chi connectivity index (χ3v) is 5.88. The standard InChI is InChI=1S/C22H25N3O3/c26-22(15-25-8-7-18-3-1-2-4-19(18)25)24-11-9-23(10-12-24)14-17-5-6-20-21(13-17)28-16-27-20/h1-6,13H,7-12,14-16H2. The minimum absolute atomic E-state index is 0.236. The van der Waals surface area contributed by atoms with Gasteiger partial charge in [-0.1, -0.05) is 24.3 Å². The second-order valence-corrected chi connectivity index (χ2v) is 7.64. The maximum Gasteiger partial charge on any atom is 0.242 e. The fourth-order valence-electron chi connectivity index (χ4n) is 4.29. The first-order chi connectivity index (χ1) is 13.8. The smallest absolute Gasteiger partial charge is 0.242 e. The van der Waals surface area contributed by atoms with E-state index in [4.69, 9.17) is 9.47 Å². The van der Waals surface area contributed by atoms with E-state index in [9.17, 15) is 4.79 Å². The van der Waals surface area contributed by atoms with Gasteiger partial charge in [0.05, 0.1) is 6.54 Å². The molecule has 1 amide bonds. The quantitative estimate of drug-likeness (QED) is 0.814. The third kappa shape index (κ3) is 3.40. The van der Waals surface area contributed by atoms with Crippen LogP contribution in [0.4, 0.5) is 5.69 Å². The average Bonchev–Trinajstić information content (AvgIpc) is 3.35. The van der Waals surface area contributed by atoms with Crippen LogP contribution in [0.5, 0.6) is 11.5 Å². The van der Waals surface area contributed by atoms with E-state index < -0.39 is 0 Å². The Bertz CT molecular complexity index is 877. The molecule has 0 N–H and O–H groups in total. The van der Waals surface area contributed by atoms with E-state index in [1.807, 2.05) is 11.0 Å². The topological polar surface area (TPSA) is 45.3 Å². The summed E-state index contributed by atoms with van der Waals surface area (Å²) in [7, 11) is 0. The Morgan fingerprint density at radius 3 is 2.64 bits per heavy atom. The third-order valence-electron chi connectivity index (χ3n) is 5.88. The molecule has 0 aliphatic carbocycles. The van der Waals surface area contributed by atoms with Crippen molar-refractivity contribution < 1.29 is 14.3 Å². The number of amides is 1. The molecule has 1 saturated heterocycles. The molecule has 0 spiro atoms. The summed E-state index contributed by atoms with van der Waals surface area (Å²) < 4.78 is 10.8. The zero-order chi connectivity index (χ0) is 18.9. The molecule has 2 aromatic carbocycles. The number of piperazine rings is 1. The highest BCUT2D eigenvalue weighted by molar-refractivity contribution is 5.82. The first-order valence-electron chi connectivity index (χ1n) is 9.98. The van der Waals surface area contributed by atoms with E-state index in [0.717, 1.165) is 57.2 Å². The maximum atomic E-state index is 12.8. The van der Waals surface area contributed by atoms with E-state index in [-0.39, 0.29) is 5.91 Å². The predicted octanol–water partition coefficient (Wildman–Crippen LogP) is 2.12. The molecule has 0 atom stereocenters. The number of rotatable bonds is 4. The molecular formula is C22H25N3O3. The van der Waals surface area contributed by atoms with Gasteiger partial charge >= 0.3 is 0 Å². The summed E-state index contributed by atoms with van der Waals surface area (Å²) in [5, 5.41) is 0. The SMILES string of the molecule is O=C(CN1CCc2ccccc21)N1CCN(Cc2ccc3c(c2)OCO3)CC1. The van der Waals surface area contributed by atoms with Crippen molar-refractivity contribution in [2.75, 3.05) is 51.0 Å². The first kappa shape index (κ1) is 17.4. The highest BCUT2D eigenvalue weighted by Gasteiger charge is 2.26. The number of ether oxygens (including phenoxy) is 2. The molecule has 6 nitrogen and oxygen atoms in total. The Kier molecular flexibility index (Phi) is 4.56. The van der Waals surface area contributed by atoms with Crippen LogP contribution in [-0.2, 0) is 17.8 Å². The van der Waals surface area contributed by atoms with Gasteiger partial charge < -0.3 is 19.3 Å². The summed E-state index contributed by atoms with van der Waals surface area (Å²) in [6.45, 7) is 5.98. The number of para-hydroxylation sites is 1. The van der Waals surface area contributed by atoms with Crippen LogP contribution in [-0.4, -0.2) is 61.8 Å². The molecule has 0 bridgehead atoms. The molecule has 0 radical (unpaired) electrons. The molecular weight excluding hydrogens is 354 g/mol. The normalized spacial score (nSPS) is 18.4. The number of benzene rings is 2. The second kappa shape index (κ2) is 7.36. The van der Waals surface area contributed by atoms with Crippen molar-refractivity contribution in [3.05, 3.63) is 53.6 Å². The van der Waals surface area contributed by atoms with Crippen molar-refractivity contribution in [3.63, 3.8) is 0 Å². The van der Waals surface area contributed by atoms with Gasteiger partial charge in [0.25, 0.3) is 0 Å². The van der Waals surface area contributed by atoms with Gasteiger partial charge in [-0.25, -0.2) is 0 Å². The van der Waals surface area contributed by atoms with Crippen LogP contribution in [0.15, 0.2) is 42.5 Å². The van der Waals surface area contributed by atoms with E-state index >= 15 is 0 Å². The molecule has 2 aromatic rings. The van der Waals surface area contributed by atoms with Crippen molar-refractivity contribution in [1.82, 2.24) is 9.80 Å². The van der Waals surface area contributed by atoms with Crippen LogP contribution in [0.25, 0.3) is 0 Å². The summed E-state index contributed by atoms with van der Waals surface area (Å²) >= 11 is 0. The largest absolute Gasteiger partial charge is 0.454 e. The van der Waals surface area contributed by atoms with Crippen molar-refractivity contribution in [2.24, 2.45) is 0 Å². The minimum atomic E-state index is 0.236. The lowest BCUT2D eigenvalue weighted by atomic mass is 10.1.